The Balaban J connectivity index is 1.38. The number of halogens is 2. The van der Waals surface area contributed by atoms with E-state index in [1.807, 2.05) is 6.92 Å². The predicted octanol–water partition coefficient (Wildman–Crippen LogP) is 0.302. The Kier molecular flexibility index (Phi) is 8.14. The van der Waals surface area contributed by atoms with Gasteiger partial charge in [-0.05, 0) is 12.0 Å². The number of hydrazine groups is 1. The molecule has 3 heterocycles. The van der Waals surface area contributed by atoms with Crippen molar-refractivity contribution in [3.63, 3.8) is 0 Å². The van der Waals surface area contributed by atoms with Crippen molar-refractivity contribution in [3.05, 3.63) is 35.2 Å². The molecule has 0 bridgehead atoms. The minimum absolute atomic E-state index is 0.00772. The number of hydrogen-bond acceptors (Lipinski definition) is 9. The van der Waals surface area contributed by atoms with Crippen LogP contribution in [-0.2, 0) is 9.53 Å². The number of cyclic esters (lactones) is 1. The largest absolute Gasteiger partial charge is 0.442 e. The quantitative estimate of drug-likeness (QED) is 0.361. The highest BCUT2D eigenvalue weighted by atomic mass is 19.1. The second-order valence-electron chi connectivity index (χ2n) is 8.95. The van der Waals surface area contributed by atoms with Crippen LogP contribution >= 0.6 is 0 Å². The van der Waals surface area contributed by atoms with Crippen molar-refractivity contribution in [2.24, 2.45) is 10.7 Å². The van der Waals surface area contributed by atoms with Crippen molar-refractivity contribution < 1.29 is 27.9 Å². The van der Waals surface area contributed by atoms with Gasteiger partial charge in [0.1, 0.15) is 17.6 Å². The molecule has 1 aromatic rings. The average molecular weight is 536 g/mol. The predicted molar refractivity (Wildman–Crippen MR) is 135 cm³/mol. The molecule has 3 aliphatic heterocycles. The number of nitrogens with one attached hydrogen (secondary N) is 4. The van der Waals surface area contributed by atoms with Crippen molar-refractivity contribution in [2.75, 3.05) is 55.6 Å². The van der Waals surface area contributed by atoms with Gasteiger partial charge in [-0.3, -0.25) is 20.0 Å². The first-order valence-corrected chi connectivity index (χ1v) is 12.2. The molecule has 4 amide bonds. The van der Waals surface area contributed by atoms with Crippen molar-refractivity contribution in [1.82, 2.24) is 26.4 Å². The number of urea groups is 1. The van der Waals surface area contributed by atoms with E-state index in [9.17, 15) is 14.4 Å². The summed E-state index contributed by atoms with van der Waals surface area (Å²) >= 11 is 0. The number of ether oxygens (including phenoxy) is 1. The lowest BCUT2D eigenvalue weighted by atomic mass is 10.2. The van der Waals surface area contributed by atoms with Gasteiger partial charge in [-0.15, -0.1) is 0 Å². The second kappa shape index (κ2) is 11.5. The lowest BCUT2D eigenvalue weighted by molar-refractivity contribution is -0.119. The van der Waals surface area contributed by atoms with E-state index in [1.54, 1.807) is 0 Å². The first-order chi connectivity index (χ1) is 18.2. The van der Waals surface area contributed by atoms with Gasteiger partial charge >= 0.3 is 12.1 Å². The molecule has 1 aromatic carbocycles. The van der Waals surface area contributed by atoms with Gasteiger partial charge in [0.15, 0.2) is 11.6 Å². The molecular formula is C23H31F2N9O4. The summed E-state index contributed by atoms with van der Waals surface area (Å²) in [6, 6.07) is 1.64. The van der Waals surface area contributed by atoms with Gasteiger partial charge in [-0.25, -0.2) is 28.8 Å². The van der Waals surface area contributed by atoms with E-state index < -0.39 is 29.9 Å². The number of carbonyl (C=O) groups is 3. The molecule has 0 aliphatic carbocycles. The smallest absolute Gasteiger partial charge is 0.414 e. The number of carbonyl (C=O) groups excluding carboxylic acids is 3. The molecule has 0 radical (unpaired) electrons. The molecule has 15 heteroatoms. The molecule has 4 rings (SSSR count). The normalized spacial score (nSPS) is 20.0. The van der Waals surface area contributed by atoms with Crippen LogP contribution < -0.4 is 36.9 Å². The number of nitrogens with two attached hydrogens (primary N) is 1. The summed E-state index contributed by atoms with van der Waals surface area (Å²) in [6.45, 7) is 4.52. The van der Waals surface area contributed by atoms with Crippen LogP contribution in [0, 0.1) is 11.6 Å². The molecule has 13 nitrogen and oxygen atoms in total. The molecule has 38 heavy (non-hydrogen) atoms. The van der Waals surface area contributed by atoms with Gasteiger partial charge in [0.05, 0.1) is 31.9 Å². The van der Waals surface area contributed by atoms with E-state index in [4.69, 9.17) is 10.5 Å². The zero-order valence-electron chi connectivity index (χ0n) is 21.1. The van der Waals surface area contributed by atoms with Gasteiger partial charge in [0.25, 0.3) is 0 Å². The topological polar surface area (TPSA) is 157 Å². The zero-order valence-corrected chi connectivity index (χ0v) is 21.1. The number of anilines is 2. The van der Waals surface area contributed by atoms with Crippen LogP contribution in [0.1, 0.15) is 20.3 Å². The monoisotopic (exact) mass is 535 g/mol. The third kappa shape index (κ3) is 6.04. The number of aliphatic imine (C=N–C) groups is 1. The fourth-order valence-corrected chi connectivity index (χ4v) is 4.29. The summed E-state index contributed by atoms with van der Waals surface area (Å²) < 4.78 is 35.5. The summed E-state index contributed by atoms with van der Waals surface area (Å²) in [5.41, 5.74) is 9.57. The molecule has 206 valence electrons. The van der Waals surface area contributed by atoms with Gasteiger partial charge in [0, 0.05) is 38.7 Å². The van der Waals surface area contributed by atoms with Gasteiger partial charge in [0.2, 0.25) is 11.9 Å². The molecule has 0 unspecified atom stereocenters. The Hall–Kier alpha value is -4.14. The minimum atomic E-state index is -0.856. The summed E-state index contributed by atoms with van der Waals surface area (Å²) in [5, 5.41) is 9.35. The number of guanidine groups is 1. The van der Waals surface area contributed by atoms with E-state index in [1.165, 1.54) is 16.8 Å². The highest BCUT2D eigenvalue weighted by Gasteiger charge is 2.34. The van der Waals surface area contributed by atoms with Gasteiger partial charge in [-0.2, -0.15) is 0 Å². The number of rotatable bonds is 5. The molecule has 3 aliphatic rings. The molecular weight excluding hydrogens is 504 g/mol. The van der Waals surface area contributed by atoms with Gasteiger partial charge < -0.3 is 26.0 Å². The van der Waals surface area contributed by atoms with E-state index in [2.05, 4.69) is 26.4 Å². The number of hydrogen-bond donors (Lipinski definition) is 5. The minimum Gasteiger partial charge on any atom is -0.442 e. The maximum Gasteiger partial charge on any atom is 0.414 e. The highest BCUT2D eigenvalue weighted by molar-refractivity contribution is 5.97. The van der Waals surface area contributed by atoms with Crippen molar-refractivity contribution >= 4 is 35.4 Å². The number of amides is 4. The lowest BCUT2D eigenvalue weighted by Crippen LogP contribution is -2.54. The Morgan fingerprint density at radius 1 is 1.24 bits per heavy atom. The Labute approximate surface area is 218 Å². The van der Waals surface area contributed by atoms with E-state index in [0.29, 0.717) is 12.4 Å². The average Bonchev–Trinajstić information content (AvgIpc) is 3.07. The molecule has 0 saturated carbocycles. The molecule has 0 aromatic heterocycles. The van der Waals surface area contributed by atoms with E-state index in [0.717, 1.165) is 29.0 Å². The fraction of sp³-hybridized carbons (Fsp3) is 0.478. The number of benzene rings is 1. The maximum atomic E-state index is 15.2. The summed E-state index contributed by atoms with van der Waals surface area (Å²) in [5.74, 6) is -1.32. The fourth-order valence-electron chi connectivity index (χ4n) is 4.29. The summed E-state index contributed by atoms with van der Waals surface area (Å²) in [4.78, 5) is 42.9. The molecule has 6 N–H and O–H groups in total. The van der Waals surface area contributed by atoms with E-state index in [-0.39, 0.29) is 62.5 Å². The summed E-state index contributed by atoms with van der Waals surface area (Å²) in [6.07, 6.45) is -0.655. The lowest BCUT2D eigenvalue weighted by Gasteiger charge is -2.25. The Morgan fingerprint density at radius 3 is 2.63 bits per heavy atom. The first-order valence-electron chi connectivity index (χ1n) is 12.2. The van der Waals surface area contributed by atoms with Crippen molar-refractivity contribution in [2.45, 2.75) is 26.4 Å². The van der Waals surface area contributed by atoms with Crippen LogP contribution in [0.4, 0.5) is 29.7 Å². The third-order valence-corrected chi connectivity index (χ3v) is 6.32. The number of nitrogens with zero attached hydrogens (tertiary/aromatic N) is 4. The van der Waals surface area contributed by atoms with Crippen LogP contribution in [0.2, 0.25) is 0 Å². The maximum absolute atomic E-state index is 15.2. The summed E-state index contributed by atoms with van der Waals surface area (Å²) in [7, 11) is 0. The van der Waals surface area contributed by atoms with Gasteiger partial charge in [-0.1, -0.05) is 6.92 Å². The zero-order chi connectivity index (χ0) is 27.4. The molecule has 2 fully saturated rings. The van der Waals surface area contributed by atoms with Crippen molar-refractivity contribution in [1.29, 1.82) is 0 Å². The van der Waals surface area contributed by atoms with Crippen molar-refractivity contribution in [3.8, 4) is 0 Å². The Bertz CT molecular complexity index is 1150. The third-order valence-electron chi connectivity index (χ3n) is 6.32. The Morgan fingerprint density at radius 2 is 1.97 bits per heavy atom. The standard InChI is InChI=1S/C23H31F2N9O4/c1-3-14-10-28-21(30-20(14)26)31-22(36)34-7-6-32(5-4-29-34)19-17(24)8-15(9-18(19)25)33-12-16(38-23(33)37)11-27-13(2)35/h8-9,16,29H,3-7,10-12,26H2,1-2H3,(H,27,35)(H2,28,30,31,36)/t16-/m0/s1. The highest BCUT2D eigenvalue weighted by Crippen LogP contribution is 2.31. The van der Waals surface area contributed by atoms with Crippen LogP contribution in [0.15, 0.2) is 28.5 Å². The molecule has 2 saturated heterocycles. The SMILES string of the molecule is CCC1=C(N)NC(NC(=O)N2CCN(c3c(F)cc(N4C[C@H](CNC(C)=O)OC4=O)cc3F)CCN2)=NC1. The van der Waals surface area contributed by atoms with Crippen LogP contribution in [0.3, 0.4) is 0 Å². The first kappa shape index (κ1) is 26.9. The second-order valence-corrected chi connectivity index (χ2v) is 8.95. The van der Waals surface area contributed by atoms with Crippen LogP contribution in [0.25, 0.3) is 0 Å². The van der Waals surface area contributed by atoms with Crippen LogP contribution in [0.5, 0.6) is 0 Å². The van der Waals surface area contributed by atoms with Crippen LogP contribution in [-0.4, -0.2) is 80.9 Å². The van der Waals surface area contributed by atoms with E-state index >= 15 is 8.78 Å². The molecule has 0 spiro atoms. The molecule has 1 atom stereocenters.